The van der Waals surface area contributed by atoms with Crippen LogP contribution in [-0.4, -0.2) is 65.3 Å². The summed E-state index contributed by atoms with van der Waals surface area (Å²) in [7, 11) is 0. The van der Waals surface area contributed by atoms with Crippen molar-refractivity contribution in [3.8, 4) is 5.75 Å². The molecule has 0 aliphatic carbocycles. The Bertz CT molecular complexity index is 1240. The summed E-state index contributed by atoms with van der Waals surface area (Å²) in [6.45, 7) is 6.62. The van der Waals surface area contributed by atoms with Gasteiger partial charge in [0.2, 0.25) is 0 Å². The first-order chi connectivity index (χ1) is 16.5. The van der Waals surface area contributed by atoms with E-state index in [2.05, 4.69) is 25.2 Å². The second kappa shape index (κ2) is 9.84. The van der Waals surface area contributed by atoms with Crippen LogP contribution in [0.2, 0.25) is 0 Å². The number of ether oxygens (including phenoxy) is 2. The maximum atomic E-state index is 13.3. The summed E-state index contributed by atoms with van der Waals surface area (Å²) < 4.78 is 24.7. The second-order valence-corrected chi connectivity index (χ2v) is 8.29. The number of aliphatic imine (C=N–C) groups is 1. The Morgan fingerprint density at radius 2 is 1.94 bits per heavy atom. The molecule has 2 aliphatic heterocycles. The van der Waals surface area contributed by atoms with Gasteiger partial charge in [0.25, 0.3) is 0 Å². The molecule has 176 valence electrons. The molecule has 1 saturated heterocycles. The Kier molecular flexibility index (Phi) is 6.48. The van der Waals surface area contributed by atoms with Gasteiger partial charge < -0.3 is 19.9 Å². The molecule has 0 spiro atoms. The number of morpholine rings is 1. The maximum absolute atomic E-state index is 13.3. The van der Waals surface area contributed by atoms with Gasteiger partial charge >= 0.3 is 0 Å². The van der Waals surface area contributed by atoms with Crippen molar-refractivity contribution in [1.82, 2.24) is 20.2 Å². The molecule has 1 atom stereocenters. The summed E-state index contributed by atoms with van der Waals surface area (Å²) >= 11 is 0. The van der Waals surface area contributed by atoms with E-state index < -0.39 is 6.10 Å². The van der Waals surface area contributed by atoms with Crippen LogP contribution < -0.4 is 10.1 Å². The molecular formula is C25H26FN5O3. The molecule has 34 heavy (non-hydrogen) atoms. The van der Waals surface area contributed by atoms with Gasteiger partial charge in [-0.05, 0) is 42.8 Å². The average Bonchev–Trinajstić information content (AvgIpc) is 2.83. The summed E-state index contributed by atoms with van der Waals surface area (Å²) in [6.07, 6.45) is 0.786. The number of aliphatic hydroxyl groups excluding tert-OH is 1. The molecule has 0 bridgehead atoms. The molecule has 3 aromatic rings. The number of hydrogen-bond donors (Lipinski definition) is 2. The summed E-state index contributed by atoms with van der Waals surface area (Å²) in [6, 6.07) is 11.2. The number of aromatic nitrogens is 2. The van der Waals surface area contributed by atoms with E-state index in [0.29, 0.717) is 35.1 Å². The monoisotopic (exact) mass is 463 g/mol. The van der Waals surface area contributed by atoms with Gasteiger partial charge in [-0.25, -0.2) is 19.4 Å². The van der Waals surface area contributed by atoms with E-state index in [1.165, 1.54) is 24.3 Å². The lowest BCUT2D eigenvalue weighted by molar-refractivity contribution is 0.0322. The van der Waals surface area contributed by atoms with E-state index in [9.17, 15) is 9.50 Å². The number of nitrogens with zero attached hydrogens (tertiary/aromatic N) is 4. The predicted molar refractivity (Wildman–Crippen MR) is 127 cm³/mol. The number of rotatable bonds is 7. The Hall–Kier alpha value is -3.40. The first kappa shape index (κ1) is 22.4. The van der Waals surface area contributed by atoms with Gasteiger partial charge in [0, 0.05) is 36.8 Å². The molecule has 8 nitrogen and oxygen atoms in total. The van der Waals surface area contributed by atoms with Crippen LogP contribution in [0.3, 0.4) is 0 Å². The molecule has 0 amide bonds. The fourth-order valence-corrected chi connectivity index (χ4v) is 3.89. The van der Waals surface area contributed by atoms with Crippen LogP contribution in [0, 0.1) is 5.82 Å². The summed E-state index contributed by atoms with van der Waals surface area (Å²) in [5.41, 5.74) is 2.11. The van der Waals surface area contributed by atoms with Crippen LogP contribution >= 0.6 is 0 Å². The zero-order valence-electron chi connectivity index (χ0n) is 18.9. The van der Waals surface area contributed by atoms with Crippen molar-refractivity contribution in [3.05, 3.63) is 71.4 Å². The van der Waals surface area contributed by atoms with Crippen molar-refractivity contribution in [3.63, 3.8) is 0 Å². The van der Waals surface area contributed by atoms with Crippen molar-refractivity contribution >= 4 is 22.6 Å². The lowest BCUT2D eigenvalue weighted by atomic mass is 10.1. The highest BCUT2D eigenvalue weighted by molar-refractivity contribution is 6.03. The molecule has 2 N–H and O–H groups in total. The number of aliphatic hydroxyl groups is 1. The van der Waals surface area contributed by atoms with Crippen LogP contribution in [0.1, 0.15) is 24.4 Å². The third kappa shape index (κ3) is 5.06. The van der Waals surface area contributed by atoms with Gasteiger partial charge in [-0.2, -0.15) is 0 Å². The number of nitrogens with one attached hydrogen (secondary N) is 1. The highest BCUT2D eigenvalue weighted by Crippen LogP contribution is 2.30. The van der Waals surface area contributed by atoms with Crippen LogP contribution in [0.4, 0.5) is 10.2 Å². The molecular weight excluding hydrogens is 437 g/mol. The number of amidine groups is 1. The minimum atomic E-state index is -1.12. The van der Waals surface area contributed by atoms with E-state index >= 15 is 0 Å². The van der Waals surface area contributed by atoms with Gasteiger partial charge in [0.15, 0.2) is 11.6 Å². The van der Waals surface area contributed by atoms with Gasteiger partial charge in [-0.1, -0.05) is 12.1 Å². The van der Waals surface area contributed by atoms with Crippen molar-refractivity contribution < 1.29 is 19.0 Å². The fraction of sp³-hybridized carbons (Fsp3) is 0.320. The zero-order chi connectivity index (χ0) is 23.5. The lowest BCUT2D eigenvalue weighted by Crippen LogP contribution is -2.38. The van der Waals surface area contributed by atoms with Gasteiger partial charge in [-0.15, -0.1) is 0 Å². The molecule has 5 rings (SSSR count). The second-order valence-electron chi connectivity index (χ2n) is 8.29. The zero-order valence-corrected chi connectivity index (χ0v) is 18.9. The normalized spacial score (nSPS) is 18.3. The Balaban J connectivity index is 1.44. The largest absolute Gasteiger partial charge is 0.492 e. The van der Waals surface area contributed by atoms with Crippen LogP contribution in [-0.2, 0) is 4.74 Å². The molecule has 0 saturated carbocycles. The van der Waals surface area contributed by atoms with Crippen LogP contribution in [0.5, 0.6) is 5.75 Å². The van der Waals surface area contributed by atoms with Crippen LogP contribution in [0.15, 0.2) is 59.2 Å². The number of benzene rings is 2. The quantitative estimate of drug-likeness (QED) is 0.556. The predicted octanol–water partition coefficient (Wildman–Crippen LogP) is 3.10. The fourth-order valence-electron chi connectivity index (χ4n) is 3.89. The third-order valence-electron chi connectivity index (χ3n) is 5.78. The van der Waals surface area contributed by atoms with E-state index in [4.69, 9.17) is 9.47 Å². The van der Waals surface area contributed by atoms with E-state index in [1.54, 1.807) is 0 Å². The Morgan fingerprint density at radius 1 is 1.18 bits per heavy atom. The van der Waals surface area contributed by atoms with Crippen molar-refractivity contribution in [2.24, 2.45) is 4.99 Å². The Morgan fingerprint density at radius 3 is 2.68 bits per heavy atom. The summed E-state index contributed by atoms with van der Waals surface area (Å²) in [4.78, 5) is 16.0. The molecule has 2 aliphatic rings. The van der Waals surface area contributed by atoms with Gasteiger partial charge in [-0.3, -0.25) is 4.90 Å². The highest BCUT2D eigenvalue weighted by atomic mass is 19.1. The third-order valence-corrected chi connectivity index (χ3v) is 5.78. The number of fused-ring (bicyclic) bond motifs is 1. The number of halogens is 1. The number of allylic oxidation sites excluding steroid dienone is 1. The minimum Gasteiger partial charge on any atom is -0.492 e. The highest BCUT2D eigenvalue weighted by Gasteiger charge is 2.19. The van der Waals surface area contributed by atoms with E-state index in [0.717, 1.165) is 43.9 Å². The van der Waals surface area contributed by atoms with Gasteiger partial charge in [0.05, 0.1) is 18.7 Å². The molecule has 1 fully saturated rings. The minimum absolute atomic E-state index is 0.184. The van der Waals surface area contributed by atoms with E-state index in [1.807, 2.05) is 31.2 Å². The topological polar surface area (TPSA) is 92.1 Å². The standard InChI is InChI=1S/C25H26FN5O3/c1-16-14-22(27-16)29-24-20-7-6-19(34-13-10-31-8-11-33-12-9-31)15-21(20)28-25(30-24)23(32)17-2-4-18(26)5-3-17/h2-7,14-15,23,32H,8-13H2,1H3,(H,27,28,29,30). The maximum Gasteiger partial charge on any atom is 0.165 e. The average molecular weight is 464 g/mol. The number of hydrogen-bond acceptors (Lipinski definition) is 7. The summed E-state index contributed by atoms with van der Waals surface area (Å²) in [5.74, 6) is 1.61. The molecule has 9 heteroatoms. The van der Waals surface area contributed by atoms with Crippen molar-refractivity contribution in [1.29, 1.82) is 0 Å². The first-order valence-electron chi connectivity index (χ1n) is 11.3. The Labute approximate surface area is 196 Å². The smallest absolute Gasteiger partial charge is 0.165 e. The molecule has 2 aromatic carbocycles. The molecule has 0 radical (unpaired) electrons. The van der Waals surface area contributed by atoms with E-state index in [-0.39, 0.29) is 11.6 Å². The van der Waals surface area contributed by atoms with Gasteiger partial charge in [0.1, 0.15) is 30.1 Å². The molecule has 1 aromatic heterocycles. The molecule has 1 unspecified atom stereocenters. The van der Waals surface area contributed by atoms with Crippen molar-refractivity contribution in [2.45, 2.75) is 13.0 Å². The van der Waals surface area contributed by atoms with Crippen molar-refractivity contribution in [2.75, 3.05) is 39.5 Å². The first-order valence-corrected chi connectivity index (χ1v) is 11.3. The molecule has 3 heterocycles. The lowest BCUT2D eigenvalue weighted by Gasteiger charge is -2.26. The summed E-state index contributed by atoms with van der Waals surface area (Å²) in [5, 5.41) is 14.8. The SMILES string of the molecule is CC1=CC(=Nc2nc(C(O)c3ccc(F)cc3)nc3cc(OCCN4CCOCC4)ccc23)N1. The van der Waals surface area contributed by atoms with Crippen LogP contribution in [0.25, 0.3) is 10.9 Å².